The molecule has 0 aliphatic heterocycles. The van der Waals surface area contributed by atoms with E-state index in [1.165, 1.54) is 19.3 Å². The van der Waals surface area contributed by atoms with Gasteiger partial charge in [-0.15, -0.1) is 0 Å². The van der Waals surface area contributed by atoms with Crippen molar-refractivity contribution >= 4 is 0 Å². The molecule has 0 radical (unpaired) electrons. The van der Waals surface area contributed by atoms with Crippen molar-refractivity contribution in [3.63, 3.8) is 0 Å². The summed E-state index contributed by atoms with van der Waals surface area (Å²) < 4.78 is 0. The Morgan fingerprint density at radius 1 is 1.33 bits per heavy atom. The molecule has 0 aromatic carbocycles. The van der Waals surface area contributed by atoms with Gasteiger partial charge in [-0.1, -0.05) is 27.2 Å². The maximum atomic E-state index is 8.89. The predicted molar refractivity (Wildman–Crippen MR) is 64.8 cm³/mol. The minimum absolute atomic E-state index is 0.333. The Hall–Kier alpha value is -0.0800. The standard InChI is InChI=1S/C13H27NO/c1-4-11(5-6-15)9-14-13-7-12(8-13)10(2)3/h10-15H,4-9H2,1-3H3. The molecule has 90 valence electrons. The Bertz CT molecular complexity index is 164. The van der Waals surface area contributed by atoms with Crippen LogP contribution in [0.15, 0.2) is 0 Å². The van der Waals surface area contributed by atoms with E-state index in [1.807, 2.05) is 0 Å². The molecule has 2 heteroatoms. The van der Waals surface area contributed by atoms with Crippen molar-refractivity contribution in [1.82, 2.24) is 5.32 Å². The third-order valence-electron chi connectivity index (χ3n) is 3.93. The number of hydrogen-bond acceptors (Lipinski definition) is 2. The van der Waals surface area contributed by atoms with Crippen LogP contribution in [0.2, 0.25) is 0 Å². The molecule has 1 fully saturated rings. The van der Waals surface area contributed by atoms with Crippen LogP contribution in [0.5, 0.6) is 0 Å². The maximum Gasteiger partial charge on any atom is 0.0434 e. The van der Waals surface area contributed by atoms with Crippen molar-refractivity contribution in [1.29, 1.82) is 0 Å². The number of rotatable bonds is 7. The van der Waals surface area contributed by atoms with E-state index in [1.54, 1.807) is 0 Å². The summed E-state index contributed by atoms with van der Waals surface area (Å²) in [5.74, 6) is 2.45. The largest absolute Gasteiger partial charge is 0.396 e. The van der Waals surface area contributed by atoms with Crippen LogP contribution in [0, 0.1) is 17.8 Å². The number of hydrogen-bond donors (Lipinski definition) is 2. The van der Waals surface area contributed by atoms with E-state index in [2.05, 4.69) is 26.1 Å². The van der Waals surface area contributed by atoms with Crippen LogP contribution < -0.4 is 5.32 Å². The normalized spacial score (nSPS) is 27.8. The molecule has 2 nitrogen and oxygen atoms in total. The first-order valence-corrected chi connectivity index (χ1v) is 6.51. The Balaban J connectivity index is 2.06. The summed E-state index contributed by atoms with van der Waals surface area (Å²) in [5, 5.41) is 12.5. The molecule has 0 spiro atoms. The van der Waals surface area contributed by atoms with Crippen LogP contribution in [0.25, 0.3) is 0 Å². The predicted octanol–water partition coefficient (Wildman–Crippen LogP) is 2.42. The van der Waals surface area contributed by atoms with Crippen LogP contribution in [-0.2, 0) is 0 Å². The molecule has 0 saturated heterocycles. The van der Waals surface area contributed by atoms with Gasteiger partial charge < -0.3 is 10.4 Å². The van der Waals surface area contributed by atoms with Crippen LogP contribution in [0.1, 0.15) is 46.5 Å². The molecule has 1 unspecified atom stereocenters. The SMILES string of the molecule is CCC(CCO)CNC1CC(C(C)C)C1. The minimum atomic E-state index is 0.333. The highest BCUT2D eigenvalue weighted by molar-refractivity contribution is 4.86. The maximum absolute atomic E-state index is 8.89. The molecule has 0 amide bonds. The van der Waals surface area contributed by atoms with E-state index < -0.39 is 0 Å². The van der Waals surface area contributed by atoms with Crippen molar-refractivity contribution in [3.05, 3.63) is 0 Å². The van der Waals surface area contributed by atoms with E-state index >= 15 is 0 Å². The van der Waals surface area contributed by atoms with Gasteiger partial charge in [0.25, 0.3) is 0 Å². The van der Waals surface area contributed by atoms with Gasteiger partial charge in [-0.2, -0.15) is 0 Å². The zero-order valence-electron chi connectivity index (χ0n) is 10.5. The van der Waals surface area contributed by atoms with Crippen molar-refractivity contribution in [2.45, 2.75) is 52.5 Å². The van der Waals surface area contributed by atoms with Gasteiger partial charge in [-0.25, -0.2) is 0 Å². The third kappa shape index (κ3) is 4.12. The molecule has 1 aliphatic rings. The Morgan fingerprint density at radius 2 is 2.00 bits per heavy atom. The fraction of sp³-hybridized carbons (Fsp3) is 1.00. The lowest BCUT2D eigenvalue weighted by atomic mass is 9.73. The summed E-state index contributed by atoms with van der Waals surface area (Å²) in [7, 11) is 0. The van der Waals surface area contributed by atoms with Crippen molar-refractivity contribution < 1.29 is 5.11 Å². The van der Waals surface area contributed by atoms with Crippen molar-refractivity contribution in [3.8, 4) is 0 Å². The molecular formula is C13H27NO. The fourth-order valence-corrected chi connectivity index (χ4v) is 2.34. The second-order valence-corrected chi connectivity index (χ2v) is 5.37. The summed E-state index contributed by atoms with van der Waals surface area (Å²) in [6.07, 6.45) is 4.83. The quantitative estimate of drug-likeness (QED) is 0.681. The number of nitrogens with one attached hydrogen (secondary N) is 1. The van der Waals surface area contributed by atoms with E-state index in [9.17, 15) is 0 Å². The molecule has 0 aromatic rings. The zero-order chi connectivity index (χ0) is 11.3. The fourth-order valence-electron chi connectivity index (χ4n) is 2.34. The van der Waals surface area contributed by atoms with Gasteiger partial charge in [0.15, 0.2) is 0 Å². The molecular weight excluding hydrogens is 186 g/mol. The van der Waals surface area contributed by atoms with E-state index in [0.29, 0.717) is 12.5 Å². The van der Waals surface area contributed by atoms with Gasteiger partial charge >= 0.3 is 0 Å². The monoisotopic (exact) mass is 213 g/mol. The molecule has 0 aromatic heterocycles. The second kappa shape index (κ2) is 6.49. The number of aliphatic hydroxyl groups is 1. The van der Waals surface area contributed by atoms with E-state index in [4.69, 9.17) is 5.11 Å². The van der Waals surface area contributed by atoms with Gasteiger partial charge in [-0.3, -0.25) is 0 Å². The molecule has 0 heterocycles. The molecule has 2 N–H and O–H groups in total. The Labute approximate surface area is 94.5 Å². The van der Waals surface area contributed by atoms with Crippen LogP contribution >= 0.6 is 0 Å². The first-order valence-electron chi connectivity index (χ1n) is 6.51. The van der Waals surface area contributed by atoms with Gasteiger partial charge in [-0.05, 0) is 43.6 Å². The van der Waals surface area contributed by atoms with E-state index in [0.717, 1.165) is 30.8 Å². The zero-order valence-corrected chi connectivity index (χ0v) is 10.5. The van der Waals surface area contributed by atoms with E-state index in [-0.39, 0.29) is 0 Å². The van der Waals surface area contributed by atoms with Gasteiger partial charge in [0.2, 0.25) is 0 Å². The van der Waals surface area contributed by atoms with Crippen LogP contribution in [0.4, 0.5) is 0 Å². The average molecular weight is 213 g/mol. The summed E-state index contributed by atoms with van der Waals surface area (Å²) in [5.41, 5.74) is 0. The minimum Gasteiger partial charge on any atom is -0.396 e. The molecule has 1 atom stereocenters. The summed E-state index contributed by atoms with van der Waals surface area (Å²) >= 11 is 0. The lowest BCUT2D eigenvalue weighted by molar-refractivity contribution is 0.159. The highest BCUT2D eigenvalue weighted by atomic mass is 16.3. The Morgan fingerprint density at radius 3 is 2.47 bits per heavy atom. The summed E-state index contributed by atoms with van der Waals surface area (Å²) in [4.78, 5) is 0. The highest BCUT2D eigenvalue weighted by Gasteiger charge is 2.30. The molecule has 1 aliphatic carbocycles. The lowest BCUT2D eigenvalue weighted by Crippen LogP contribution is -2.44. The molecule has 1 saturated carbocycles. The average Bonchev–Trinajstić information content (AvgIpc) is 2.13. The smallest absolute Gasteiger partial charge is 0.0434 e. The van der Waals surface area contributed by atoms with Gasteiger partial charge in [0.1, 0.15) is 0 Å². The van der Waals surface area contributed by atoms with Crippen LogP contribution in [-0.4, -0.2) is 24.3 Å². The highest BCUT2D eigenvalue weighted by Crippen LogP contribution is 2.33. The first kappa shape index (κ1) is 13.0. The summed E-state index contributed by atoms with van der Waals surface area (Å²) in [6.45, 7) is 8.27. The Kier molecular flexibility index (Phi) is 5.62. The third-order valence-corrected chi connectivity index (χ3v) is 3.93. The van der Waals surface area contributed by atoms with Gasteiger partial charge in [0, 0.05) is 12.6 Å². The molecule has 15 heavy (non-hydrogen) atoms. The van der Waals surface area contributed by atoms with Crippen LogP contribution in [0.3, 0.4) is 0 Å². The van der Waals surface area contributed by atoms with Gasteiger partial charge in [0.05, 0.1) is 0 Å². The summed E-state index contributed by atoms with van der Waals surface area (Å²) in [6, 6.07) is 0.755. The topological polar surface area (TPSA) is 32.3 Å². The second-order valence-electron chi connectivity index (χ2n) is 5.37. The lowest BCUT2D eigenvalue weighted by Gasteiger charge is -2.39. The number of aliphatic hydroxyl groups excluding tert-OH is 1. The van der Waals surface area contributed by atoms with Crippen molar-refractivity contribution in [2.24, 2.45) is 17.8 Å². The molecule has 0 bridgehead atoms. The molecule has 1 rings (SSSR count). The van der Waals surface area contributed by atoms with Crippen molar-refractivity contribution in [2.75, 3.05) is 13.2 Å². The first-order chi connectivity index (χ1) is 7.17.